The van der Waals surface area contributed by atoms with Gasteiger partial charge in [-0.05, 0) is 71.9 Å². The van der Waals surface area contributed by atoms with Gasteiger partial charge >= 0.3 is 0 Å². The van der Waals surface area contributed by atoms with Gasteiger partial charge in [0.25, 0.3) is 0 Å². The van der Waals surface area contributed by atoms with Crippen LogP contribution in [0.4, 0.5) is 0 Å². The van der Waals surface area contributed by atoms with Gasteiger partial charge in [0.05, 0.1) is 13.1 Å². The number of aromatic hydroxyl groups is 2. The van der Waals surface area contributed by atoms with E-state index in [2.05, 4.69) is 75.8 Å². The molecule has 0 heterocycles. The molecule has 0 radical (unpaired) electrons. The minimum Gasteiger partial charge on any atom is -0.507 e. The molecule has 0 aromatic heterocycles. The van der Waals surface area contributed by atoms with Gasteiger partial charge in [-0.15, -0.1) is 0 Å². The summed E-state index contributed by atoms with van der Waals surface area (Å²) in [5, 5.41) is 21.4. The van der Waals surface area contributed by atoms with Crippen molar-refractivity contribution in [2.24, 2.45) is 9.98 Å². The summed E-state index contributed by atoms with van der Waals surface area (Å²) in [5.41, 5.74) is 6.03. The fraction of sp³-hybridized carbons (Fsp3) is 0.533. The summed E-state index contributed by atoms with van der Waals surface area (Å²) < 4.78 is 0. The van der Waals surface area contributed by atoms with Gasteiger partial charge in [0.15, 0.2) is 0 Å². The van der Waals surface area contributed by atoms with Crippen LogP contribution in [0.2, 0.25) is 0 Å². The van der Waals surface area contributed by atoms with Crippen LogP contribution in [0, 0.1) is 0 Å². The number of hydrogen-bond donors (Lipinski definition) is 2. The Hall–Kier alpha value is -2.62. The molecule has 0 saturated heterocycles. The largest absolute Gasteiger partial charge is 0.507 e. The van der Waals surface area contributed by atoms with Gasteiger partial charge in [-0.3, -0.25) is 9.98 Å². The molecule has 0 fully saturated rings. The van der Waals surface area contributed by atoms with Crippen molar-refractivity contribution in [1.82, 2.24) is 0 Å². The van der Waals surface area contributed by atoms with Crippen LogP contribution in [0.25, 0.3) is 0 Å². The molecule has 0 amide bonds. The van der Waals surface area contributed by atoms with Crippen molar-refractivity contribution < 1.29 is 10.2 Å². The summed E-state index contributed by atoms with van der Waals surface area (Å²) >= 11 is 0. The maximum absolute atomic E-state index is 10.7. The Labute approximate surface area is 206 Å². The third-order valence-corrected chi connectivity index (χ3v) is 6.16. The van der Waals surface area contributed by atoms with Crippen LogP contribution in [0.15, 0.2) is 34.3 Å². The minimum atomic E-state index is 0.259. The fourth-order valence-electron chi connectivity index (χ4n) is 4.06. The predicted molar refractivity (Wildman–Crippen MR) is 147 cm³/mol. The number of aryl methyl sites for hydroxylation is 2. The molecule has 0 aliphatic carbocycles. The average molecular weight is 465 g/mol. The SMILES string of the molecule is CCCCc1cc(C=NCCN=Cc2cc(CCCC)cc(C(C)C)c2O)c(O)c(C(C)C)c1. The van der Waals surface area contributed by atoms with Gasteiger partial charge in [0, 0.05) is 23.6 Å². The smallest absolute Gasteiger partial charge is 0.127 e. The van der Waals surface area contributed by atoms with Crippen molar-refractivity contribution in [2.45, 2.75) is 91.9 Å². The van der Waals surface area contributed by atoms with E-state index in [1.54, 1.807) is 12.4 Å². The molecule has 2 N–H and O–H groups in total. The van der Waals surface area contributed by atoms with Crippen LogP contribution in [-0.4, -0.2) is 35.7 Å². The lowest BCUT2D eigenvalue weighted by molar-refractivity contribution is 0.463. The van der Waals surface area contributed by atoms with E-state index < -0.39 is 0 Å². The van der Waals surface area contributed by atoms with E-state index in [4.69, 9.17) is 0 Å². The summed E-state index contributed by atoms with van der Waals surface area (Å²) in [5.74, 6) is 1.18. The number of rotatable bonds is 13. The van der Waals surface area contributed by atoms with E-state index in [9.17, 15) is 10.2 Å². The number of aliphatic imine (C=N–C) groups is 2. The summed E-state index contributed by atoms with van der Waals surface area (Å²) in [4.78, 5) is 9.04. The Kier molecular flexibility index (Phi) is 11.3. The molecule has 0 unspecified atom stereocenters. The molecule has 0 spiro atoms. The Morgan fingerprint density at radius 2 is 1.06 bits per heavy atom. The molecule has 2 aromatic carbocycles. The van der Waals surface area contributed by atoms with E-state index >= 15 is 0 Å². The Bertz CT molecular complexity index is 895. The Balaban J connectivity index is 2.10. The van der Waals surface area contributed by atoms with Crippen LogP contribution < -0.4 is 0 Å². The molecule has 4 heteroatoms. The van der Waals surface area contributed by atoms with E-state index in [1.165, 1.54) is 11.1 Å². The van der Waals surface area contributed by atoms with Crippen LogP contribution in [-0.2, 0) is 12.8 Å². The molecule has 0 aliphatic rings. The van der Waals surface area contributed by atoms with Crippen LogP contribution in [0.5, 0.6) is 11.5 Å². The molecule has 0 aliphatic heterocycles. The van der Waals surface area contributed by atoms with Crippen molar-refractivity contribution in [1.29, 1.82) is 0 Å². The second-order valence-corrected chi connectivity index (χ2v) is 9.83. The van der Waals surface area contributed by atoms with Crippen LogP contribution >= 0.6 is 0 Å². The highest BCUT2D eigenvalue weighted by Gasteiger charge is 2.13. The van der Waals surface area contributed by atoms with Crippen molar-refractivity contribution in [2.75, 3.05) is 13.1 Å². The lowest BCUT2D eigenvalue weighted by atomic mass is 9.94. The summed E-state index contributed by atoms with van der Waals surface area (Å²) in [6.07, 6.45) is 10.1. The molecule has 186 valence electrons. The van der Waals surface area contributed by atoms with E-state index in [0.29, 0.717) is 24.6 Å². The number of phenolic OH excluding ortho intramolecular Hbond substituents is 2. The lowest BCUT2D eigenvalue weighted by Gasteiger charge is -2.14. The number of nitrogens with zero attached hydrogens (tertiary/aromatic N) is 2. The van der Waals surface area contributed by atoms with E-state index in [0.717, 1.165) is 60.8 Å². The number of benzene rings is 2. The van der Waals surface area contributed by atoms with E-state index in [-0.39, 0.29) is 11.8 Å². The summed E-state index contributed by atoms with van der Waals surface area (Å²) in [7, 11) is 0. The third-order valence-electron chi connectivity index (χ3n) is 6.16. The number of phenols is 2. The lowest BCUT2D eigenvalue weighted by Crippen LogP contribution is -1.99. The number of unbranched alkanes of at least 4 members (excludes halogenated alkanes) is 2. The van der Waals surface area contributed by atoms with Crippen molar-refractivity contribution in [3.63, 3.8) is 0 Å². The number of hydrogen-bond acceptors (Lipinski definition) is 4. The molecule has 2 aromatic rings. The van der Waals surface area contributed by atoms with Gasteiger partial charge in [0.1, 0.15) is 11.5 Å². The Morgan fingerprint density at radius 1 is 0.676 bits per heavy atom. The first-order valence-electron chi connectivity index (χ1n) is 13.0. The fourth-order valence-corrected chi connectivity index (χ4v) is 4.06. The molecule has 34 heavy (non-hydrogen) atoms. The van der Waals surface area contributed by atoms with Crippen molar-refractivity contribution in [3.8, 4) is 11.5 Å². The normalized spacial score (nSPS) is 12.1. The zero-order valence-electron chi connectivity index (χ0n) is 22.1. The van der Waals surface area contributed by atoms with Gasteiger partial charge < -0.3 is 10.2 Å². The minimum absolute atomic E-state index is 0.259. The standard InChI is InChI=1S/C30H44N2O2/c1-7-9-11-23-15-25(29(33)27(17-23)21(3)4)19-31-13-14-32-20-26-16-24(12-10-8-2)18-28(22(5)6)30(26)34/h15-22,33-34H,7-14H2,1-6H3. The van der Waals surface area contributed by atoms with Gasteiger partial charge in [-0.1, -0.05) is 66.5 Å². The average Bonchev–Trinajstić information content (AvgIpc) is 2.80. The maximum Gasteiger partial charge on any atom is 0.127 e. The molecule has 2 rings (SSSR count). The van der Waals surface area contributed by atoms with Gasteiger partial charge in [-0.25, -0.2) is 0 Å². The van der Waals surface area contributed by atoms with Crippen molar-refractivity contribution >= 4 is 12.4 Å². The molecule has 4 nitrogen and oxygen atoms in total. The zero-order chi connectivity index (χ0) is 25.1. The first-order chi connectivity index (χ1) is 16.3. The molecule has 0 saturated carbocycles. The van der Waals surface area contributed by atoms with Crippen LogP contribution in [0.3, 0.4) is 0 Å². The topological polar surface area (TPSA) is 65.2 Å². The zero-order valence-corrected chi connectivity index (χ0v) is 22.1. The molecular formula is C30H44N2O2. The van der Waals surface area contributed by atoms with Crippen molar-refractivity contribution in [3.05, 3.63) is 57.6 Å². The second-order valence-electron chi connectivity index (χ2n) is 9.83. The summed E-state index contributed by atoms with van der Waals surface area (Å²) in [6, 6.07) is 8.36. The maximum atomic E-state index is 10.7. The third kappa shape index (κ3) is 8.00. The van der Waals surface area contributed by atoms with E-state index in [1.807, 2.05) is 0 Å². The highest BCUT2D eigenvalue weighted by molar-refractivity contribution is 5.85. The summed E-state index contributed by atoms with van der Waals surface area (Å²) in [6.45, 7) is 13.8. The second kappa shape index (κ2) is 13.9. The first-order valence-corrected chi connectivity index (χ1v) is 13.0. The quantitative estimate of drug-likeness (QED) is 0.237. The highest BCUT2D eigenvalue weighted by atomic mass is 16.3. The molecule has 0 atom stereocenters. The van der Waals surface area contributed by atoms with Gasteiger partial charge in [0.2, 0.25) is 0 Å². The molecule has 0 bridgehead atoms. The monoisotopic (exact) mass is 464 g/mol. The Morgan fingerprint density at radius 3 is 1.38 bits per heavy atom. The van der Waals surface area contributed by atoms with Gasteiger partial charge in [-0.2, -0.15) is 0 Å². The molecular weight excluding hydrogens is 420 g/mol. The first kappa shape index (κ1) is 27.6. The van der Waals surface area contributed by atoms with Crippen LogP contribution in [0.1, 0.15) is 112 Å². The predicted octanol–water partition coefficient (Wildman–Crippen LogP) is 7.57. The highest BCUT2D eigenvalue weighted by Crippen LogP contribution is 2.31.